The predicted molar refractivity (Wildman–Crippen MR) is 21.7 cm³/mol. The maximum atomic E-state index is 0. The average Bonchev–Trinajstić information content (AvgIpc) is 0. The van der Waals surface area contributed by atoms with E-state index in [9.17, 15) is 0 Å². The third kappa shape index (κ3) is 73.2. The van der Waals surface area contributed by atoms with Crippen LogP contribution in [0.15, 0.2) is 0 Å². The monoisotopic (exact) mass is 550 g/mol. The van der Waals surface area contributed by atoms with Crippen LogP contribution < -0.4 is 0 Å². The summed E-state index contributed by atoms with van der Waals surface area (Å²) in [5, 5.41) is 0. The molecule has 0 spiro atoms. The van der Waals surface area contributed by atoms with E-state index >= 15 is 0 Å². The van der Waals surface area contributed by atoms with Crippen LogP contribution in [0.5, 0.6) is 0 Å². The van der Waals surface area contributed by atoms with Gasteiger partial charge >= 0.3 is 163 Å². The molecule has 10 heavy (non-hydrogen) atoms. The van der Waals surface area contributed by atoms with Gasteiger partial charge < -0.3 is 27.4 Å². The molecule has 5 nitrogen and oxygen atoms in total. The Morgan fingerprint density at radius 3 is 0.400 bits per heavy atom. The second kappa shape index (κ2) is 92.2. The summed E-state index contributed by atoms with van der Waals surface area (Å²) in [5.41, 5.74) is 0. The Morgan fingerprint density at radius 1 is 0.400 bits per heavy atom. The number of hydrogen-bond donors (Lipinski definition) is 0. The van der Waals surface area contributed by atoms with Crippen molar-refractivity contribution >= 4 is 97.8 Å². The molecule has 48 valence electrons. The summed E-state index contributed by atoms with van der Waals surface area (Å²) in [5.74, 6) is 0. The third-order valence-electron chi connectivity index (χ3n) is 0. The molecule has 0 aromatic heterocycles. The van der Waals surface area contributed by atoms with E-state index in [4.69, 9.17) is 0 Å². The van der Waals surface area contributed by atoms with Crippen LogP contribution in [-0.4, -0.2) is 97.8 Å². The maximum absolute atomic E-state index is 0. The maximum Gasteiger partial charge on any atom is 3.00 e. The van der Waals surface area contributed by atoms with Crippen LogP contribution in [0.2, 0.25) is 0 Å². The molecule has 0 N–H and O–H groups in total. The van der Waals surface area contributed by atoms with Crippen molar-refractivity contribution in [3.63, 3.8) is 0 Å². The Balaban J connectivity index is 0. The van der Waals surface area contributed by atoms with Crippen LogP contribution in [0.1, 0.15) is 7.43 Å². The Hall–Kier alpha value is 5.15. The molecule has 0 unspecified atom stereocenters. The van der Waals surface area contributed by atoms with E-state index in [2.05, 4.69) is 0 Å². The van der Waals surface area contributed by atoms with Crippen molar-refractivity contribution in [2.24, 2.45) is 0 Å². The molecule has 0 amide bonds. The Kier molecular flexibility index (Phi) is 1050. The van der Waals surface area contributed by atoms with Crippen molar-refractivity contribution in [3.05, 3.63) is 0 Å². The number of hydrogen-bond acceptors (Lipinski definition) is 0. The van der Waals surface area contributed by atoms with Crippen LogP contribution in [0.3, 0.4) is 0 Å². The minimum Gasteiger partial charge on any atom is -2.00 e. The molecule has 0 saturated heterocycles. The molecule has 0 fully saturated rings. The average molecular weight is 549 g/mol. The molecule has 0 heterocycles. The summed E-state index contributed by atoms with van der Waals surface area (Å²) in [6.07, 6.45) is 0. The first-order chi connectivity index (χ1) is 0. The van der Waals surface area contributed by atoms with Crippen molar-refractivity contribution in [2.75, 3.05) is 0 Å². The van der Waals surface area contributed by atoms with Crippen molar-refractivity contribution in [2.45, 2.75) is 7.43 Å². The molecule has 0 radical (unpaired) electrons. The number of rotatable bonds is 0. The van der Waals surface area contributed by atoms with Crippen LogP contribution >= 0.6 is 0 Å². The summed E-state index contributed by atoms with van der Waals surface area (Å²) >= 11 is 0. The van der Waals surface area contributed by atoms with Crippen LogP contribution in [-0.2, 0) is 92.8 Å². The van der Waals surface area contributed by atoms with Gasteiger partial charge in [0.2, 0.25) is 0 Å². The molecular weight excluding hydrogens is 544 g/mol. The first kappa shape index (κ1) is 114. The first-order valence-corrected chi connectivity index (χ1v) is 0. The zero-order valence-electron chi connectivity index (χ0n) is 4.61. The molecule has 0 rings (SSSR count). The molecular formula is CH4Ba2O5Y2. The predicted octanol–water partition coefficient (Wildman–Crippen LogP) is -0.724. The zero-order chi connectivity index (χ0) is 0. The molecule has 0 bridgehead atoms. The van der Waals surface area contributed by atoms with Gasteiger partial charge in [-0.05, 0) is 0 Å². The summed E-state index contributed by atoms with van der Waals surface area (Å²) in [7, 11) is 0. The second-order valence-electron chi connectivity index (χ2n) is 0. The van der Waals surface area contributed by atoms with E-state index in [1.807, 2.05) is 0 Å². The summed E-state index contributed by atoms with van der Waals surface area (Å²) in [6, 6.07) is 0. The topological polar surface area (TPSA) is 142 Å². The van der Waals surface area contributed by atoms with Gasteiger partial charge in [-0.15, -0.1) is 0 Å². The second-order valence-corrected chi connectivity index (χ2v) is 0. The largest absolute Gasteiger partial charge is 3.00 e. The quantitative estimate of drug-likeness (QED) is 0.352. The van der Waals surface area contributed by atoms with Gasteiger partial charge in [0.15, 0.2) is 0 Å². The minimum atomic E-state index is 0. The van der Waals surface area contributed by atoms with Crippen LogP contribution in [0.4, 0.5) is 0 Å². The summed E-state index contributed by atoms with van der Waals surface area (Å²) in [4.78, 5) is 0. The van der Waals surface area contributed by atoms with Crippen molar-refractivity contribution < 1.29 is 92.8 Å². The van der Waals surface area contributed by atoms with Gasteiger partial charge in [0.1, 0.15) is 0 Å². The van der Waals surface area contributed by atoms with Gasteiger partial charge in [-0.1, -0.05) is 7.43 Å². The molecule has 0 aromatic carbocycles. The van der Waals surface area contributed by atoms with Crippen molar-refractivity contribution in [1.82, 2.24) is 0 Å². The fourth-order valence-electron chi connectivity index (χ4n) is 0. The SMILES string of the molecule is C.[Ba+2].[Ba+2].[O-2].[O-2].[O-2].[O-2].[O-2].[Y+3].[Y+3]. The van der Waals surface area contributed by atoms with E-state index in [0.29, 0.717) is 0 Å². The van der Waals surface area contributed by atoms with E-state index in [1.165, 1.54) is 0 Å². The van der Waals surface area contributed by atoms with Gasteiger partial charge in [-0.2, -0.15) is 0 Å². The fourth-order valence-corrected chi connectivity index (χ4v) is 0. The summed E-state index contributed by atoms with van der Waals surface area (Å²) < 4.78 is 0. The van der Waals surface area contributed by atoms with Crippen molar-refractivity contribution in [3.8, 4) is 0 Å². The van der Waals surface area contributed by atoms with Crippen LogP contribution in [0.25, 0.3) is 0 Å². The molecule has 0 aromatic rings. The normalized spacial score (nSPS) is 0. The van der Waals surface area contributed by atoms with Gasteiger partial charge in [0.05, 0.1) is 0 Å². The van der Waals surface area contributed by atoms with E-state index in [-0.39, 0.29) is 198 Å². The van der Waals surface area contributed by atoms with E-state index in [1.54, 1.807) is 0 Å². The molecule has 9 heteroatoms. The molecule has 0 aliphatic heterocycles. The van der Waals surface area contributed by atoms with Crippen molar-refractivity contribution in [1.29, 1.82) is 0 Å². The zero-order valence-corrected chi connectivity index (χ0v) is 19.2. The standard InChI is InChI=1S/CH4.2Ba.5O.2Y/h1H4;;;;;;;;;/q;2*+2;5*-2;2*+3. The minimum absolute atomic E-state index is 0. The summed E-state index contributed by atoms with van der Waals surface area (Å²) in [6.45, 7) is 0. The van der Waals surface area contributed by atoms with E-state index < -0.39 is 0 Å². The van der Waals surface area contributed by atoms with E-state index in [0.717, 1.165) is 0 Å². The van der Waals surface area contributed by atoms with Gasteiger partial charge in [0.25, 0.3) is 0 Å². The Labute approximate surface area is 192 Å². The molecule has 0 aliphatic rings. The molecule has 0 saturated carbocycles. The fraction of sp³-hybridized carbons (Fsp3) is 1.00. The Morgan fingerprint density at radius 2 is 0.400 bits per heavy atom. The smallest absolute Gasteiger partial charge is 2.00 e. The van der Waals surface area contributed by atoms with Gasteiger partial charge in [-0.25, -0.2) is 0 Å². The van der Waals surface area contributed by atoms with Gasteiger partial charge in [-0.3, -0.25) is 0 Å². The Bertz CT molecular complexity index is 17.6. The van der Waals surface area contributed by atoms with Gasteiger partial charge in [0, 0.05) is 0 Å². The third-order valence-corrected chi connectivity index (χ3v) is 0. The molecule has 0 aliphatic carbocycles. The molecule has 0 atom stereocenters. The first-order valence-electron chi connectivity index (χ1n) is 0. The van der Waals surface area contributed by atoms with Crippen LogP contribution in [0, 0.1) is 0 Å².